The Bertz CT molecular complexity index is 461. The van der Waals surface area contributed by atoms with Gasteiger partial charge in [0.1, 0.15) is 18.3 Å². The molecule has 7 nitrogen and oxygen atoms in total. The average molecular weight is 330 g/mol. The Morgan fingerprint density at radius 1 is 0.957 bits per heavy atom. The maximum Gasteiger partial charge on any atom is 0.305 e. The van der Waals surface area contributed by atoms with Gasteiger partial charge in [-0.25, -0.2) is 0 Å². The first kappa shape index (κ1) is 17.1. The molecule has 0 amide bonds. The summed E-state index contributed by atoms with van der Waals surface area (Å²) in [5, 5.41) is 0. The van der Waals surface area contributed by atoms with E-state index in [1.54, 1.807) is 6.92 Å². The summed E-state index contributed by atoms with van der Waals surface area (Å²) >= 11 is 0. The van der Waals surface area contributed by atoms with Crippen LogP contribution in [0.5, 0.6) is 0 Å². The molecule has 0 aliphatic carbocycles. The van der Waals surface area contributed by atoms with Crippen molar-refractivity contribution in [2.45, 2.75) is 89.7 Å². The van der Waals surface area contributed by atoms with Gasteiger partial charge in [-0.05, 0) is 41.0 Å². The van der Waals surface area contributed by atoms with Crippen molar-refractivity contribution < 1.29 is 33.2 Å². The molecule has 23 heavy (non-hydrogen) atoms. The van der Waals surface area contributed by atoms with E-state index in [0.29, 0.717) is 13.0 Å². The third-order valence-corrected chi connectivity index (χ3v) is 4.19. The van der Waals surface area contributed by atoms with Crippen LogP contribution in [0.4, 0.5) is 0 Å². The van der Waals surface area contributed by atoms with E-state index in [-0.39, 0.29) is 36.8 Å². The molecule has 0 unspecified atom stereocenters. The van der Waals surface area contributed by atoms with Crippen LogP contribution >= 0.6 is 0 Å². The van der Waals surface area contributed by atoms with Crippen molar-refractivity contribution in [1.82, 2.24) is 0 Å². The van der Waals surface area contributed by atoms with Crippen molar-refractivity contribution in [2.75, 3.05) is 6.61 Å². The molecule has 0 radical (unpaired) electrons. The van der Waals surface area contributed by atoms with Gasteiger partial charge in [-0.15, -0.1) is 0 Å². The van der Waals surface area contributed by atoms with Crippen LogP contribution in [0.1, 0.15) is 47.5 Å². The molecule has 5 atom stereocenters. The highest BCUT2D eigenvalue weighted by Crippen LogP contribution is 2.44. The largest absolute Gasteiger partial charge is 0.466 e. The summed E-state index contributed by atoms with van der Waals surface area (Å²) in [6.07, 6.45) is -0.966. The molecule has 3 aliphatic heterocycles. The number of carbonyl (C=O) groups excluding carboxylic acids is 1. The van der Waals surface area contributed by atoms with Crippen LogP contribution in [0, 0.1) is 0 Å². The number of fused-ring (bicyclic) bond motifs is 3. The molecule has 3 saturated heterocycles. The highest BCUT2D eigenvalue weighted by Gasteiger charge is 2.60. The van der Waals surface area contributed by atoms with Gasteiger partial charge in [-0.3, -0.25) is 4.79 Å². The summed E-state index contributed by atoms with van der Waals surface area (Å²) in [7, 11) is 0. The Morgan fingerprint density at radius 3 is 2.26 bits per heavy atom. The van der Waals surface area contributed by atoms with E-state index in [9.17, 15) is 4.79 Å². The van der Waals surface area contributed by atoms with E-state index in [2.05, 4.69) is 0 Å². The molecule has 3 rings (SSSR count). The van der Waals surface area contributed by atoms with Crippen LogP contribution in [0.2, 0.25) is 0 Å². The van der Waals surface area contributed by atoms with Gasteiger partial charge >= 0.3 is 5.97 Å². The normalized spacial score (nSPS) is 40.5. The Balaban J connectivity index is 1.72. The molecule has 0 aromatic heterocycles. The van der Waals surface area contributed by atoms with Crippen molar-refractivity contribution in [1.29, 1.82) is 0 Å². The number of esters is 1. The number of carbonyl (C=O) groups is 1. The molecule has 3 fully saturated rings. The van der Waals surface area contributed by atoms with Gasteiger partial charge in [0, 0.05) is 6.42 Å². The highest BCUT2D eigenvalue weighted by molar-refractivity contribution is 5.69. The van der Waals surface area contributed by atoms with Crippen molar-refractivity contribution in [3.05, 3.63) is 0 Å². The standard InChI is InChI=1S/C16H26O7/c1-6-18-10(17)8-7-9-11-12(21-15(2,3)20-11)13-14(19-9)23-16(4,5)22-13/h9,11-14H,6-8H2,1-5H3/t9-,11+,12+,13-,14-/m1/s1. The Hall–Kier alpha value is -0.730. The van der Waals surface area contributed by atoms with Gasteiger partial charge in [-0.1, -0.05) is 0 Å². The predicted molar refractivity (Wildman–Crippen MR) is 78.4 cm³/mol. The number of rotatable bonds is 4. The van der Waals surface area contributed by atoms with Gasteiger partial charge in [-0.2, -0.15) is 0 Å². The van der Waals surface area contributed by atoms with Crippen LogP contribution in [0.15, 0.2) is 0 Å². The minimum Gasteiger partial charge on any atom is -0.466 e. The molecule has 0 bridgehead atoms. The number of ether oxygens (including phenoxy) is 6. The topological polar surface area (TPSA) is 72.5 Å². The molecule has 3 heterocycles. The van der Waals surface area contributed by atoms with Crippen LogP contribution in [0.3, 0.4) is 0 Å². The summed E-state index contributed by atoms with van der Waals surface area (Å²) in [5.74, 6) is -1.69. The Morgan fingerprint density at radius 2 is 1.57 bits per heavy atom. The number of hydrogen-bond acceptors (Lipinski definition) is 7. The quantitative estimate of drug-likeness (QED) is 0.727. The van der Waals surface area contributed by atoms with E-state index in [4.69, 9.17) is 28.4 Å². The highest BCUT2D eigenvalue weighted by atomic mass is 16.9. The lowest BCUT2D eigenvalue weighted by atomic mass is 9.96. The summed E-state index contributed by atoms with van der Waals surface area (Å²) in [5.41, 5.74) is 0. The third kappa shape index (κ3) is 3.53. The fourth-order valence-corrected chi connectivity index (χ4v) is 3.42. The van der Waals surface area contributed by atoms with Crippen molar-refractivity contribution in [3.63, 3.8) is 0 Å². The molecule has 3 aliphatic rings. The molecule has 0 aromatic rings. The first-order chi connectivity index (χ1) is 10.7. The van der Waals surface area contributed by atoms with Crippen molar-refractivity contribution in [3.8, 4) is 0 Å². The van der Waals surface area contributed by atoms with E-state index in [1.165, 1.54) is 0 Å². The number of hydrogen-bond donors (Lipinski definition) is 0. The van der Waals surface area contributed by atoms with Crippen LogP contribution < -0.4 is 0 Å². The van der Waals surface area contributed by atoms with Crippen LogP contribution in [-0.2, 0) is 33.2 Å². The third-order valence-electron chi connectivity index (χ3n) is 4.19. The van der Waals surface area contributed by atoms with Gasteiger partial charge in [0.05, 0.1) is 12.7 Å². The second kappa shape index (κ2) is 5.97. The maximum atomic E-state index is 11.6. The fraction of sp³-hybridized carbons (Fsp3) is 0.938. The fourth-order valence-electron chi connectivity index (χ4n) is 3.42. The van der Waals surface area contributed by atoms with Gasteiger partial charge < -0.3 is 28.4 Å². The van der Waals surface area contributed by atoms with Gasteiger partial charge in [0.15, 0.2) is 17.9 Å². The molecule has 132 valence electrons. The zero-order valence-corrected chi connectivity index (χ0v) is 14.4. The van der Waals surface area contributed by atoms with Crippen LogP contribution in [-0.4, -0.2) is 54.9 Å². The minimum absolute atomic E-state index is 0.239. The first-order valence-electron chi connectivity index (χ1n) is 8.23. The van der Waals surface area contributed by atoms with Crippen molar-refractivity contribution in [2.24, 2.45) is 0 Å². The summed E-state index contributed by atoms with van der Waals surface area (Å²) < 4.78 is 34.8. The van der Waals surface area contributed by atoms with E-state index < -0.39 is 17.9 Å². The molecule has 0 aromatic carbocycles. The van der Waals surface area contributed by atoms with E-state index in [1.807, 2.05) is 27.7 Å². The van der Waals surface area contributed by atoms with Crippen LogP contribution in [0.25, 0.3) is 0 Å². The molecular weight excluding hydrogens is 304 g/mol. The summed E-state index contributed by atoms with van der Waals surface area (Å²) in [4.78, 5) is 11.6. The molecule has 7 heteroatoms. The smallest absolute Gasteiger partial charge is 0.305 e. The maximum absolute atomic E-state index is 11.6. The zero-order chi connectivity index (χ0) is 16.8. The molecule has 0 spiro atoms. The lowest BCUT2D eigenvalue weighted by Gasteiger charge is -2.37. The molecule has 0 N–H and O–H groups in total. The Kier molecular flexibility index (Phi) is 4.44. The second-order valence-corrected chi connectivity index (χ2v) is 7.05. The van der Waals surface area contributed by atoms with Crippen molar-refractivity contribution >= 4 is 5.97 Å². The molecular formula is C16H26O7. The first-order valence-corrected chi connectivity index (χ1v) is 8.23. The zero-order valence-electron chi connectivity index (χ0n) is 14.4. The Labute approximate surface area is 136 Å². The van der Waals surface area contributed by atoms with Gasteiger partial charge in [0.2, 0.25) is 0 Å². The summed E-state index contributed by atoms with van der Waals surface area (Å²) in [6, 6.07) is 0. The van der Waals surface area contributed by atoms with Gasteiger partial charge in [0.25, 0.3) is 0 Å². The monoisotopic (exact) mass is 330 g/mol. The average Bonchev–Trinajstić information content (AvgIpc) is 2.90. The van der Waals surface area contributed by atoms with E-state index >= 15 is 0 Å². The minimum atomic E-state index is -0.730. The summed E-state index contributed by atoms with van der Waals surface area (Å²) in [6.45, 7) is 9.58. The second-order valence-electron chi connectivity index (χ2n) is 7.05. The van der Waals surface area contributed by atoms with E-state index in [0.717, 1.165) is 0 Å². The SMILES string of the molecule is CCOC(=O)CC[C@H]1O[C@@H]2OC(C)(C)O[C@@H]2[C@H]2OC(C)(C)O[C@H]21. The lowest BCUT2D eigenvalue weighted by molar-refractivity contribution is -0.235. The molecule has 0 saturated carbocycles. The predicted octanol–water partition coefficient (Wildman–Crippen LogP) is 1.73. The lowest BCUT2D eigenvalue weighted by Crippen LogP contribution is -2.55.